The summed E-state index contributed by atoms with van der Waals surface area (Å²) in [5.41, 5.74) is -3.46. The van der Waals surface area contributed by atoms with Crippen LogP contribution >= 0.6 is 0 Å². The van der Waals surface area contributed by atoms with E-state index < -0.39 is 40.1 Å². The Balaban J connectivity index is 3.55. The molecule has 19 heavy (non-hydrogen) atoms. The Morgan fingerprint density at radius 1 is 0.789 bits per heavy atom. The first-order chi connectivity index (χ1) is 8.80. The van der Waals surface area contributed by atoms with Gasteiger partial charge in [-0.05, 0) is 13.8 Å². The Morgan fingerprint density at radius 3 is 1.42 bits per heavy atom. The van der Waals surface area contributed by atoms with Crippen molar-refractivity contribution < 1.29 is 31.4 Å². The van der Waals surface area contributed by atoms with E-state index in [0.717, 1.165) is 0 Å². The third-order valence-electron chi connectivity index (χ3n) is 2.23. The molecule has 0 N–H and O–H groups in total. The molecule has 1 aromatic rings. The van der Waals surface area contributed by atoms with Crippen molar-refractivity contribution in [1.82, 2.24) is 0 Å². The fourth-order valence-electron chi connectivity index (χ4n) is 1.49. The van der Waals surface area contributed by atoms with Crippen LogP contribution in [0.1, 0.15) is 19.4 Å². The molecule has 0 saturated heterocycles. The molecule has 3 radical (unpaired) electrons. The monoisotopic (exact) mass is 297 g/mol. The zero-order chi connectivity index (χ0) is 14.8. The second-order valence-corrected chi connectivity index (χ2v) is 4.09. The summed E-state index contributed by atoms with van der Waals surface area (Å²) in [6.07, 6.45) is 0. The predicted octanol–water partition coefficient (Wildman–Crippen LogP) is 2.73. The molecule has 0 bridgehead atoms. The highest BCUT2D eigenvalue weighted by atomic mass is 28.1. The fraction of sp³-hybridized carbons (Fsp3) is 0.455. The van der Waals surface area contributed by atoms with Crippen molar-refractivity contribution in [2.75, 3.05) is 13.2 Å². The number of ether oxygens (including phenoxy) is 2. The SMILES string of the molecule is CCOC([Si])(OCC)c1c(F)c(F)c(F)c(F)c1F. The van der Waals surface area contributed by atoms with Gasteiger partial charge in [-0.25, -0.2) is 22.0 Å². The number of hydrogen-bond donors (Lipinski definition) is 0. The number of benzene rings is 1. The van der Waals surface area contributed by atoms with Crippen LogP contribution in [0.4, 0.5) is 22.0 Å². The Morgan fingerprint density at radius 2 is 1.11 bits per heavy atom. The Hall–Kier alpha value is -0.993. The van der Waals surface area contributed by atoms with Gasteiger partial charge in [0, 0.05) is 13.2 Å². The minimum Gasteiger partial charge on any atom is -0.350 e. The molecule has 0 aliphatic carbocycles. The van der Waals surface area contributed by atoms with E-state index in [1.54, 1.807) is 0 Å². The molecule has 0 saturated carbocycles. The molecular formula is C11H10F5O2Si. The third kappa shape index (κ3) is 2.80. The summed E-state index contributed by atoms with van der Waals surface area (Å²) in [7, 11) is 2.79. The quantitative estimate of drug-likeness (QED) is 0.273. The minimum atomic E-state index is -2.24. The number of rotatable bonds is 5. The van der Waals surface area contributed by atoms with E-state index in [1.165, 1.54) is 13.8 Å². The Bertz CT molecular complexity index is 446. The second-order valence-electron chi connectivity index (χ2n) is 3.43. The number of halogens is 5. The lowest BCUT2D eigenvalue weighted by atomic mass is 10.1. The normalized spacial score (nSPS) is 12.0. The second kappa shape index (κ2) is 5.97. The standard InChI is InChI=1S/C11H10F5O2Si/c1-3-17-11(19,18-4-2)5-6(12)8(14)10(16)9(15)7(5)13/h3-4H2,1-2H3. The van der Waals surface area contributed by atoms with Gasteiger partial charge in [-0.2, -0.15) is 0 Å². The van der Waals surface area contributed by atoms with Gasteiger partial charge < -0.3 is 9.47 Å². The topological polar surface area (TPSA) is 18.5 Å². The lowest BCUT2D eigenvalue weighted by Gasteiger charge is -2.30. The van der Waals surface area contributed by atoms with Crippen LogP contribution in [0.3, 0.4) is 0 Å². The first kappa shape index (κ1) is 16.1. The van der Waals surface area contributed by atoms with E-state index in [9.17, 15) is 22.0 Å². The molecule has 0 amide bonds. The van der Waals surface area contributed by atoms with Gasteiger partial charge >= 0.3 is 0 Å². The van der Waals surface area contributed by atoms with Gasteiger partial charge in [-0.3, -0.25) is 0 Å². The maximum absolute atomic E-state index is 13.6. The summed E-state index contributed by atoms with van der Waals surface area (Å²) < 4.78 is 76.3. The molecular weight excluding hydrogens is 287 g/mol. The molecule has 8 heteroatoms. The van der Waals surface area contributed by atoms with Gasteiger partial charge in [-0.15, -0.1) is 0 Å². The van der Waals surface area contributed by atoms with Gasteiger partial charge in [0.2, 0.25) is 5.82 Å². The van der Waals surface area contributed by atoms with Crippen molar-refractivity contribution in [3.8, 4) is 0 Å². The fourth-order valence-corrected chi connectivity index (χ4v) is 1.99. The largest absolute Gasteiger partial charge is 0.350 e. The Labute approximate surface area is 109 Å². The molecule has 0 aliphatic rings. The molecule has 0 heterocycles. The van der Waals surface area contributed by atoms with Gasteiger partial charge in [0.25, 0.3) is 0 Å². The molecule has 0 aromatic heterocycles. The predicted molar refractivity (Wildman–Crippen MR) is 56.9 cm³/mol. The molecule has 1 rings (SSSR count). The summed E-state index contributed by atoms with van der Waals surface area (Å²) >= 11 is 0. The maximum Gasteiger partial charge on any atom is 0.200 e. The smallest absolute Gasteiger partial charge is 0.200 e. The third-order valence-corrected chi connectivity index (χ3v) is 2.77. The summed E-state index contributed by atoms with van der Waals surface area (Å²) in [5, 5.41) is 0. The van der Waals surface area contributed by atoms with Crippen LogP contribution in [-0.4, -0.2) is 23.5 Å². The van der Waals surface area contributed by atoms with Crippen LogP contribution in [0.2, 0.25) is 0 Å². The van der Waals surface area contributed by atoms with Crippen LogP contribution in [0.15, 0.2) is 0 Å². The van der Waals surface area contributed by atoms with E-state index in [2.05, 4.69) is 10.2 Å². The molecule has 0 fully saturated rings. The van der Waals surface area contributed by atoms with Crippen molar-refractivity contribution >= 4 is 10.2 Å². The first-order valence-electron chi connectivity index (χ1n) is 5.34. The Kier molecular flexibility index (Phi) is 5.05. The van der Waals surface area contributed by atoms with Gasteiger partial charge in [0.05, 0.1) is 5.56 Å². The molecule has 1 aromatic carbocycles. The van der Waals surface area contributed by atoms with Crippen molar-refractivity contribution in [2.45, 2.75) is 19.3 Å². The number of hydrogen-bond acceptors (Lipinski definition) is 2. The summed E-state index contributed by atoms with van der Waals surface area (Å²) in [4.78, 5) is 0. The highest BCUT2D eigenvalue weighted by molar-refractivity contribution is 6.13. The van der Waals surface area contributed by atoms with Crippen molar-refractivity contribution in [1.29, 1.82) is 0 Å². The van der Waals surface area contributed by atoms with Crippen LogP contribution in [0.25, 0.3) is 0 Å². The van der Waals surface area contributed by atoms with Crippen molar-refractivity contribution in [3.05, 3.63) is 34.6 Å². The first-order valence-corrected chi connectivity index (χ1v) is 5.84. The van der Waals surface area contributed by atoms with E-state index in [0.29, 0.717) is 0 Å². The van der Waals surface area contributed by atoms with Crippen LogP contribution in [0.5, 0.6) is 0 Å². The highest BCUT2D eigenvalue weighted by Crippen LogP contribution is 2.33. The van der Waals surface area contributed by atoms with Crippen molar-refractivity contribution in [3.63, 3.8) is 0 Å². The zero-order valence-corrected chi connectivity index (χ0v) is 11.1. The van der Waals surface area contributed by atoms with Crippen LogP contribution < -0.4 is 0 Å². The lowest BCUT2D eigenvalue weighted by molar-refractivity contribution is -0.184. The van der Waals surface area contributed by atoms with Gasteiger partial charge in [0.15, 0.2) is 28.7 Å². The van der Waals surface area contributed by atoms with Crippen LogP contribution in [0, 0.1) is 29.1 Å². The van der Waals surface area contributed by atoms with E-state index in [4.69, 9.17) is 9.47 Å². The molecule has 0 aliphatic heterocycles. The molecule has 0 atom stereocenters. The summed E-state index contributed by atoms with van der Waals surface area (Å²) in [5.74, 6) is -10.4. The minimum absolute atomic E-state index is 0.0804. The molecule has 2 nitrogen and oxygen atoms in total. The highest BCUT2D eigenvalue weighted by Gasteiger charge is 2.39. The average Bonchev–Trinajstić information content (AvgIpc) is 2.34. The molecule has 0 spiro atoms. The van der Waals surface area contributed by atoms with Crippen molar-refractivity contribution in [2.24, 2.45) is 0 Å². The van der Waals surface area contributed by atoms with Crippen LogP contribution in [-0.2, 0) is 14.9 Å². The molecule has 105 valence electrons. The van der Waals surface area contributed by atoms with E-state index in [-0.39, 0.29) is 13.2 Å². The maximum atomic E-state index is 13.6. The van der Waals surface area contributed by atoms with Gasteiger partial charge in [0.1, 0.15) is 10.2 Å². The average molecular weight is 297 g/mol. The van der Waals surface area contributed by atoms with Gasteiger partial charge in [-0.1, -0.05) is 0 Å². The zero-order valence-electron chi connectivity index (χ0n) is 10.1. The van der Waals surface area contributed by atoms with E-state index in [1.807, 2.05) is 0 Å². The van der Waals surface area contributed by atoms with E-state index >= 15 is 0 Å². The summed E-state index contributed by atoms with van der Waals surface area (Å²) in [6.45, 7) is 2.78. The molecule has 0 unspecified atom stereocenters. The summed E-state index contributed by atoms with van der Waals surface area (Å²) in [6, 6.07) is 0. The lowest BCUT2D eigenvalue weighted by Crippen LogP contribution is -2.37.